The number of aliphatic carboxylic acids is 1. The molecule has 1 heterocycles. The molecule has 1 amide bonds. The van der Waals surface area contributed by atoms with Gasteiger partial charge in [-0.1, -0.05) is 30.0 Å². The highest BCUT2D eigenvalue weighted by Crippen LogP contribution is 2.28. The molecule has 0 spiro atoms. The minimum absolute atomic E-state index is 0.0239. The summed E-state index contributed by atoms with van der Waals surface area (Å²) in [7, 11) is 0. The Kier molecular flexibility index (Phi) is 5.22. The second kappa shape index (κ2) is 6.93. The summed E-state index contributed by atoms with van der Waals surface area (Å²) in [5.74, 6) is -0.493. The molecule has 1 aliphatic carbocycles. The van der Waals surface area contributed by atoms with Crippen LogP contribution in [0.3, 0.4) is 0 Å². The van der Waals surface area contributed by atoms with E-state index < -0.39 is 12.0 Å². The van der Waals surface area contributed by atoms with E-state index in [0.717, 1.165) is 5.57 Å². The van der Waals surface area contributed by atoms with Gasteiger partial charge in [-0.15, -0.1) is 0 Å². The van der Waals surface area contributed by atoms with Gasteiger partial charge >= 0.3 is 5.97 Å². The van der Waals surface area contributed by atoms with E-state index in [9.17, 15) is 19.5 Å². The zero-order valence-corrected chi connectivity index (χ0v) is 12.8. The Morgan fingerprint density at radius 2 is 2.24 bits per heavy atom. The fourth-order valence-electron chi connectivity index (χ4n) is 2.74. The van der Waals surface area contributed by atoms with Crippen LogP contribution >= 0.6 is 11.8 Å². The molecule has 0 radical (unpaired) electrons. The molecule has 0 aromatic rings. The maximum atomic E-state index is 12.1. The van der Waals surface area contributed by atoms with Crippen LogP contribution in [-0.2, 0) is 14.4 Å². The van der Waals surface area contributed by atoms with Gasteiger partial charge in [0.25, 0.3) is 0 Å². The molecule has 2 rings (SSSR count). The summed E-state index contributed by atoms with van der Waals surface area (Å²) in [6.45, 7) is 1.91. The van der Waals surface area contributed by atoms with E-state index in [2.05, 4.69) is 0 Å². The van der Waals surface area contributed by atoms with Crippen LogP contribution in [0, 0.1) is 5.92 Å². The number of amides is 1. The van der Waals surface area contributed by atoms with Gasteiger partial charge in [-0.25, -0.2) is 4.79 Å². The molecule has 1 N–H and O–H groups in total. The van der Waals surface area contributed by atoms with E-state index in [0.29, 0.717) is 31.6 Å². The fourth-order valence-corrected chi connectivity index (χ4v) is 3.43. The molecule has 0 aromatic carbocycles. The van der Waals surface area contributed by atoms with E-state index in [1.54, 1.807) is 0 Å². The highest BCUT2D eigenvalue weighted by molar-refractivity contribution is 8.13. The Hall–Kier alpha value is -1.56. The van der Waals surface area contributed by atoms with Crippen molar-refractivity contribution in [2.24, 2.45) is 5.92 Å². The van der Waals surface area contributed by atoms with E-state index in [4.69, 9.17) is 0 Å². The van der Waals surface area contributed by atoms with Crippen molar-refractivity contribution in [3.05, 3.63) is 23.8 Å². The first-order valence-electron chi connectivity index (χ1n) is 6.98. The largest absolute Gasteiger partial charge is 0.479 e. The fraction of sp³-hybridized carbons (Fsp3) is 0.533. The molecule has 0 bridgehead atoms. The summed E-state index contributed by atoms with van der Waals surface area (Å²) in [6, 6.07) is -0.866. The number of carboxylic acids is 1. The Balaban J connectivity index is 2.07. The minimum Gasteiger partial charge on any atom is -0.479 e. The number of rotatable bonds is 5. The van der Waals surface area contributed by atoms with E-state index in [-0.39, 0.29) is 16.9 Å². The first kappa shape index (κ1) is 15.8. The predicted octanol–water partition coefficient (Wildman–Crippen LogP) is 1.84. The van der Waals surface area contributed by atoms with E-state index >= 15 is 0 Å². The second-order valence-electron chi connectivity index (χ2n) is 5.35. The average molecular weight is 309 g/mol. The Labute approximate surface area is 128 Å². The molecule has 1 aliphatic heterocycles. The number of carboxylic acid groups (broad SMARTS) is 1. The molecule has 2 aliphatic rings. The predicted molar refractivity (Wildman–Crippen MR) is 80.8 cm³/mol. The zero-order chi connectivity index (χ0) is 15.4. The number of hydrogen-bond donors (Lipinski definition) is 1. The monoisotopic (exact) mass is 309 g/mol. The number of likely N-dealkylation sites (tertiary alicyclic amines) is 1. The maximum absolute atomic E-state index is 12.1. The Bertz CT molecular complexity index is 512. The van der Waals surface area contributed by atoms with Crippen molar-refractivity contribution in [2.45, 2.75) is 32.2 Å². The highest BCUT2D eigenvalue weighted by Gasteiger charge is 2.39. The minimum atomic E-state index is -0.982. The van der Waals surface area contributed by atoms with Crippen LogP contribution in [0.1, 0.15) is 26.2 Å². The third kappa shape index (κ3) is 3.97. The van der Waals surface area contributed by atoms with Gasteiger partial charge in [0.2, 0.25) is 5.91 Å². The molecule has 0 aromatic heterocycles. The molecule has 114 valence electrons. The number of nitrogens with zero attached hydrogens (tertiary/aromatic N) is 1. The van der Waals surface area contributed by atoms with Gasteiger partial charge in [-0.3, -0.25) is 9.59 Å². The summed E-state index contributed by atoms with van der Waals surface area (Å²) < 4.78 is 0. The summed E-state index contributed by atoms with van der Waals surface area (Å²) in [4.78, 5) is 36.2. The van der Waals surface area contributed by atoms with Gasteiger partial charge in [0.1, 0.15) is 0 Å². The van der Waals surface area contributed by atoms with Gasteiger partial charge in [-0.2, -0.15) is 0 Å². The summed E-state index contributed by atoms with van der Waals surface area (Å²) in [6.07, 6.45) is 7.44. The SMILES string of the molecule is CC(=O)SCC1CC(=O)N([C@@H](C(=O)O)C2=CCC=CC2)C1. The Morgan fingerprint density at radius 3 is 2.81 bits per heavy atom. The molecule has 1 saturated heterocycles. The quantitative estimate of drug-likeness (QED) is 0.784. The number of hydrogen-bond acceptors (Lipinski definition) is 4. The van der Waals surface area contributed by atoms with Crippen molar-refractivity contribution in [1.29, 1.82) is 0 Å². The maximum Gasteiger partial charge on any atom is 0.330 e. The summed E-state index contributed by atoms with van der Waals surface area (Å²) in [5.41, 5.74) is 0.776. The summed E-state index contributed by atoms with van der Waals surface area (Å²) >= 11 is 1.20. The molecule has 1 unspecified atom stereocenters. The van der Waals surface area contributed by atoms with Gasteiger partial charge in [0.15, 0.2) is 11.2 Å². The average Bonchev–Trinajstić information content (AvgIpc) is 2.79. The summed E-state index contributed by atoms with van der Waals surface area (Å²) in [5, 5.41) is 9.51. The molecule has 21 heavy (non-hydrogen) atoms. The van der Waals surface area contributed by atoms with Crippen molar-refractivity contribution in [2.75, 3.05) is 12.3 Å². The van der Waals surface area contributed by atoms with Gasteiger partial charge < -0.3 is 10.0 Å². The number of allylic oxidation sites excluding steroid dienone is 3. The number of carbonyl (C=O) groups excluding carboxylic acids is 2. The highest BCUT2D eigenvalue weighted by atomic mass is 32.2. The van der Waals surface area contributed by atoms with Crippen LogP contribution in [0.4, 0.5) is 0 Å². The second-order valence-corrected chi connectivity index (χ2v) is 6.55. The lowest BCUT2D eigenvalue weighted by atomic mass is 9.97. The molecule has 0 saturated carbocycles. The molecule has 1 fully saturated rings. The smallest absolute Gasteiger partial charge is 0.330 e. The number of carbonyl (C=O) groups is 3. The molecule has 6 heteroatoms. The van der Waals surface area contributed by atoms with Crippen LogP contribution in [0.25, 0.3) is 0 Å². The van der Waals surface area contributed by atoms with Crippen LogP contribution in [0.2, 0.25) is 0 Å². The van der Waals surface area contributed by atoms with Crippen molar-refractivity contribution >= 4 is 28.8 Å². The molecule has 5 nitrogen and oxygen atoms in total. The van der Waals surface area contributed by atoms with Crippen molar-refractivity contribution in [1.82, 2.24) is 4.90 Å². The third-order valence-corrected chi connectivity index (χ3v) is 4.74. The number of thioether (sulfide) groups is 1. The third-order valence-electron chi connectivity index (χ3n) is 3.69. The topological polar surface area (TPSA) is 74.7 Å². The van der Waals surface area contributed by atoms with Gasteiger partial charge in [0, 0.05) is 25.6 Å². The molecular weight excluding hydrogens is 290 g/mol. The van der Waals surface area contributed by atoms with Gasteiger partial charge in [-0.05, 0) is 24.3 Å². The van der Waals surface area contributed by atoms with Crippen LogP contribution in [0.5, 0.6) is 0 Å². The normalized spacial score (nSPS) is 23.1. The Morgan fingerprint density at radius 1 is 1.48 bits per heavy atom. The lowest BCUT2D eigenvalue weighted by molar-refractivity contribution is -0.146. The zero-order valence-electron chi connectivity index (χ0n) is 11.9. The molecular formula is C15H19NO4S. The molecule has 2 atom stereocenters. The lowest BCUT2D eigenvalue weighted by Gasteiger charge is -2.27. The van der Waals surface area contributed by atoms with Gasteiger partial charge in [0.05, 0.1) is 0 Å². The van der Waals surface area contributed by atoms with E-state index in [1.165, 1.54) is 23.6 Å². The van der Waals surface area contributed by atoms with Crippen molar-refractivity contribution < 1.29 is 19.5 Å². The van der Waals surface area contributed by atoms with Crippen LogP contribution in [0.15, 0.2) is 23.8 Å². The standard InChI is InChI=1S/C15H19NO4S/c1-10(17)21-9-11-7-13(18)16(8-11)14(15(19)20)12-5-3-2-4-6-12/h2-3,6,11,14H,4-5,7-9H2,1H3,(H,19,20)/t11?,14-/m1/s1. The van der Waals surface area contributed by atoms with Crippen molar-refractivity contribution in [3.8, 4) is 0 Å². The van der Waals surface area contributed by atoms with E-state index in [1.807, 2.05) is 18.2 Å². The van der Waals surface area contributed by atoms with Crippen LogP contribution in [-0.4, -0.2) is 45.3 Å². The first-order valence-corrected chi connectivity index (χ1v) is 7.97. The first-order chi connectivity index (χ1) is 9.99. The lowest BCUT2D eigenvalue weighted by Crippen LogP contribution is -2.43. The van der Waals surface area contributed by atoms with Crippen LogP contribution < -0.4 is 0 Å². The van der Waals surface area contributed by atoms with Crippen molar-refractivity contribution in [3.63, 3.8) is 0 Å².